The van der Waals surface area contributed by atoms with Crippen molar-refractivity contribution < 1.29 is 28.2 Å². The summed E-state index contributed by atoms with van der Waals surface area (Å²) in [5, 5.41) is 2.78. The summed E-state index contributed by atoms with van der Waals surface area (Å²) < 4.78 is 30.1. The Morgan fingerprint density at radius 3 is 2.50 bits per heavy atom. The Balaban J connectivity index is 1.48. The number of halogens is 1. The van der Waals surface area contributed by atoms with Crippen LogP contribution in [0.25, 0.3) is 0 Å². The first-order valence-electron chi connectivity index (χ1n) is 10.8. The Morgan fingerprint density at radius 2 is 1.74 bits per heavy atom. The van der Waals surface area contributed by atoms with Crippen molar-refractivity contribution in [2.75, 3.05) is 20.3 Å². The third-order valence-corrected chi connectivity index (χ3v) is 5.39. The predicted octanol–water partition coefficient (Wildman–Crippen LogP) is 3.32. The molecule has 7 nitrogen and oxygen atoms in total. The van der Waals surface area contributed by atoms with Gasteiger partial charge in [-0.25, -0.2) is 4.39 Å². The van der Waals surface area contributed by atoms with Crippen molar-refractivity contribution in [3.05, 3.63) is 89.7 Å². The number of nitrogens with zero attached hydrogens (tertiary/aromatic N) is 1. The number of amides is 2. The van der Waals surface area contributed by atoms with Crippen molar-refractivity contribution in [1.29, 1.82) is 0 Å². The first kappa shape index (κ1) is 23.1. The standard InChI is InChI=1S/C26H25FN2O5/c1-32-21-7-3-2-6-19(21)15-29(16-25(30)28-14-18-10-12-20(27)13-11-18)26(31)24-17-33-22-8-4-5-9-23(22)34-24/h2-13,24H,14-17H2,1H3,(H,28,30). The number of carbonyl (C=O) groups is 2. The van der Waals surface area contributed by atoms with Gasteiger partial charge in [0.1, 0.15) is 24.7 Å². The van der Waals surface area contributed by atoms with Gasteiger partial charge in [-0.2, -0.15) is 0 Å². The maximum atomic E-state index is 13.4. The summed E-state index contributed by atoms with van der Waals surface area (Å²) in [6.07, 6.45) is -0.894. The summed E-state index contributed by atoms with van der Waals surface area (Å²) in [4.78, 5) is 27.6. The van der Waals surface area contributed by atoms with Crippen LogP contribution in [-0.4, -0.2) is 43.1 Å². The molecule has 0 spiro atoms. The molecular formula is C26H25FN2O5. The molecule has 1 atom stereocenters. The molecule has 3 aromatic carbocycles. The molecule has 0 saturated heterocycles. The first-order valence-corrected chi connectivity index (χ1v) is 10.8. The molecule has 0 bridgehead atoms. The average Bonchev–Trinajstić information content (AvgIpc) is 2.87. The van der Waals surface area contributed by atoms with E-state index in [1.54, 1.807) is 43.5 Å². The normalized spacial score (nSPS) is 14.2. The lowest BCUT2D eigenvalue weighted by atomic mass is 10.1. The van der Waals surface area contributed by atoms with Crippen molar-refractivity contribution in [1.82, 2.24) is 10.2 Å². The van der Waals surface area contributed by atoms with Crippen LogP contribution < -0.4 is 19.5 Å². The minimum absolute atomic E-state index is 0.0372. The Morgan fingerprint density at radius 1 is 1.03 bits per heavy atom. The van der Waals surface area contributed by atoms with Gasteiger partial charge in [-0.1, -0.05) is 42.5 Å². The number of methoxy groups -OCH3 is 1. The zero-order valence-corrected chi connectivity index (χ0v) is 18.7. The van der Waals surface area contributed by atoms with Gasteiger partial charge in [0.05, 0.1) is 7.11 Å². The summed E-state index contributed by atoms with van der Waals surface area (Å²) >= 11 is 0. The topological polar surface area (TPSA) is 77.1 Å². The summed E-state index contributed by atoms with van der Waals surface area (Å²) in [7, 11) is 1.55. The lowest BCUT2D eigenvalue weighted by Gasteiger charge is -2.30. The van der Waals surface area contributed by atoms with Crippen LogP contribution in [0.5, 0.6) is 17.2 Å². The van der Waals surface area contributed by atoms with Crippen molar-refractivity contribution in [3.63, 3.8) is 0 Å². The van der Waals surface area contributed by atoms with Gasteiger partial charge in [-0.3, -0.25) is 9.59 Å². The zero-order valence-electron chi connectivity index (χ0n) is 18.7. The third-order valence-electron chi connectivity index (χ3n) is 5.39. The fourth-order valence-corrected chi connectivity index (χ4v) is 3.63. The minimum atomic E-state index is -0.894. The van der Waals surface area contributed by atoms with Crippen LogP contribution in [0.2, 0.25) is 0 Å². The summed E-state index contributed by atoms with van der Waals surface area (Å²) in [5.74, 6) is 0.574. The number of rotatable bonds is 8. The molecule has 1 heterocycles. The first-order chi connectivity index (χ1) is 16.5. The second-order valence-electron chi connectivity index (χ2n) is 7.77. The number of hydrogen-bond acceptors (Lipinski definition) is 5. The van der Waals surface area contributed by atoms with E-state index in [0.717, 1.165) is 11.1 Å². The molecule has 0 fully saturated rings. The van der Waals surface area contributed by atoms with Gasteiger partial charge in [-0.15, -0.1) is 0 Å². The summed E-state index contributed by atoms with van der Waals surface area (Å²) in [6, 6.07) is 20.3. The largest absolute Gasteiger partial charge is 0.496 e. The van der Waals surface area contributed by atoms with Crippen molar-refractivity contribution in [2.24, 2.45) is 0 Å². The van der Waals surface area contributed by atoms with E-state index in [0.29, 0.717) is 17.2 Å². The monoisotopic (exact) mass is 464 g/mol. The van der Waals surface area contributed by atoms with Crippen molar-refractivity contribution in [2.45, 2.75) is 19.2 Å². The lowest BCUT2D eigenvalue weighted by Crippen LogP contribution is -2.49. The molecule has 1 unspecified atom stereocenters. The number of para-hydroxylation sites is 3. The van der Waals surface area contributed by atoms with Gasteiger partial charge < -0.3 is 24.4 Å². The quantitative estimate of drug-likeness (QED) is 0.554. The molecule has 0 radical (unpaired) electrons. The highest BCUT2D eigenvalue weighted by molar-refractivity contribution is 5.87. The van der Waals surface area contributed by atoms with E-state index >= 15 is 0 Å². The molecule has 1 N–H and O–H groups in total. The maximum Gasteiger partial charge on any atom is 0.268 e. The number of carbonyl (C=O) groups excluding carboxylic acids is 2. The zero-order chi connectivity index (χ0) is 23.9. The van der Waals surface area contributed by atoms with Crippen LogP contribution in [0.1, 0.15) is 11.1 Å². The minimum Gasteiger partial charge on any atom is -0.496 e. The number of nitrogens with one attached hydrogen (secondary N) is 1. The van der Waals surface area contributed by atoms with Crippen LogP contribution in [0.15, 0.2) is 72.8 Å². The van der Waals surface area contributed by atoms with Gasteiger partial charge in [0.2, 0.25) is 12.0 Å². The molecule has 176 valence electrons. The number of benzene rings is 3. The fraction of sp³-hybridized carbons (Fsp3) is 0.231. The van der Waals surface area contributed by atoms with E-state index in [9.17, 15) is 14.0 Å². The van der Waals surface area contributed by atoms with E-state index in [2.05, 4.69) is 5.32 Å². The van der Waals surface area contributed by atoms with Gasteiger partial charge in [0, 0.05) is 18.7 Å². The molecule has 34 heavy (non-hydrogen) atoms. The molecule has 0 saturated carbocycles. The van der Waals surface area contributed by atoms with E-state index in [4.69, 9.17) is 14.2 Å². The van der Waals surface area contributed by atoms with Crippen LogP contribution >= 0.6 is 0 Å². The van der Waals surface area contributed by atoms with Gasteiger partial charge in [0.25, 0.3) is 5.91 Å². The molecular weight excluding hydrogens is 439 g/mol. The highest BCUT2D eigenvalue weighted by Gasteiger charge is 2.32. The molecule has 8 heteroatoms. The SMILES string of the molecule is COc1ccccc1CN(CC(=O)NCc1ccc(F)cc1)C(=O)C1COc2ccccc2O1. The van der Waals surface area contributed by atoms with E-state index in [1.165, 1.54) is 17.0 Å². The molecule has 1 aliphatic rings. The van der Waals surface area contributed by atoms with Crippen LogP contribution in [0.4, 0.5) is 4.39 Å². The fourth-order valence-electron chi connectivity index (χ4n) is 3.63. The number of fused-ring (bicyclic) bond motifs is 1. The van der Waals surface area contributed by atoms with Crippen LogP contribution in [0.3, 0.4) is 0 Å². The molecule has 0 aliphatic carbocycles. The number of ether oxygens (including phenoxy) is 3. The maximum absolute atomic E-state index is 13.4. The number of hydrogen-bond donors (Lipinski definition) is 1. The van der Waals surface area contributed by atoms with Gasteiger partial charge >= 0.3 is 0 Å². The smallest absolute Gasteiger partial charge is 0.268 e. The lowest BCUT2D eigenvalue weighted by molar-refractivity contribution is -0.144. The highest BCUT2D eigenvalue weighted by atomic mass is 19.1. The van der Waals surface area contributed by atoms with Gasteiger partial charge in [0.15, 0.2) is 11.5 Å². The van der Waals surface area contributed by atoms with E-state index in [1.807, 2.05) is 24.3 Å². The van der Waals surface area contributed by atoms with E-state index in [-0.39, 0.29) is 43.9 Å². The van der Waals surface area contributed by atoms with Crippen LogP contribution in [-0.2, 0) is 22.7 Å². The second-order valence-corrected chi connectivity index (χ2v) is 7.77. The van der Waals surface area contributed by atoms with E-state index < -0.39 is 6.10 Å². The average molecular weight is 464 g/mol. The Hall–Kier alpha value is -4.07. The van der Waals surface area contributed by atoms with Crippen molar-refractivity contribution in [3.8, 4) is 17.2 Å². The highest BCUT2D eigenvalue weighted by Crippen LogP contribution is 2.31. The Labute approximate surface area is 197 Å². The third kappa shape index (κ3) is 5.64. The molecule has 2 amide bonds. The van der Waals surface area contributed by atoms with Gasteiger partial charge in [-0.05, 0) is 35.9 Å². The second kappa shape index (κ2) is 10.7. The molecule has 0 aromatic heterocycles. The van der Waals surface area contributed by atoms with Crippen LogP contribution in [0, 0.1) is 5.82 Å². The summed E-state index contributed by atoms with van der Waals surface area (Å²) in [6.45, 7) is 0.204. The molecule has 3 aromatic rings. The Bertz CT molecular complexity index is 1150. The predicted molar refractivity (Wildman–Crippen MR) is 123 cm³/mol. The summed E-state index contributed by atoms with van der Waals surface area (Å²) in [5.41, 5.74) is 1.50. The Kier molecular flexibility index (Phi) is 7.27. The molecule has 4 rings (SSSR count). The molecule has 1 aliphatic heterocycles. The van der Waals surface area contributed by atoms with Crippen molar-refractivity contribution >= 4 is 11.8 Å².